The molecule has 80 valence electrons. The number of hydrogen-bond donors (Lipinski definition) is 1. The fourth-order valence-corrected chi connectivity index (χ4v) is 1.37. The van der Waals surface area contributed by atoms with Gasteiger partial charge in [-0.05, 0) is 20.8 Å². The summed E-state index contributed by atoms with van der Waals surface area (Å²) in [4.78, 5) is 4.16. The van der Waals surface area contributed by atoms with E-state index in [9.17, 15) is 0 Å². The highest BCUT2D eigenvalue weighted by atomic mass is 16.5. The third-order valence-electron chi connectivity index (χ3n) is 1.96. The van der Waals surface area contributed by atoms with E-state index in [0.29, 0.717) is 12.6 Å². The van der Waals surface area contributed by atoms with E-state index in [0.717, 1.165) is 11.7 Å². The number of aryl methyl sites for hydroxylation is 1. The van der Waals surface area contributed by atoms with E-state index in [2.05, 4.69) is 17.2 Å². The lowest BCUT2D eigenvalue weighted by Gasteiger charge is -2.16. The largest absolute Gasteiger partial charge is 0.444 e. The molecule has 0 aliphatic rings. The molecule has 2 atom stereocenters. The lowest BCUT2D eigenvalue weighted by Crippen LogP contribution is -2.32. The second-order valence-corrected chi connectivity index (χ2v) is 3.55. The molecular formula is C10H18N2O2. The summed E-state index contributed by atoms with van der Waals surface area (Å²) in [6.07, 6.45) is 1.73. The van der Waals surface area contributed by atoms with Gasteiger partial charge in [-0.25, -0.2) is 4.98 Å². The van der Waals surface area contributed by atoms with E-state index in [1.807, 2.05) is 13.8 Å². The number of hydrogen-bond acceptors (Lipinski definition) is 4. The van der Waals surface area contributed by atoms with Crippen LogP contribution in [-0.4, -0.2) is 24.7 Å². The number of ether oxygens (including phenoxy) is 1. The van der Waals surface area contributed by atoms with Crippen LogP contribution in [0, 0.1) is 6.92 Å². The lowest BCUT2D eigenvalue weighted by molar-refractivity contribution is 0.165. The number of aromatic nitrogens is 1. The molecule has 4 nitrogen and oxygen atoms in total. The van der Waals surface area contributed by atoms with Gasteiger partial charge in [0.05, 0.1) is 18.8 Å². The number of methoxy groups -OCH3 is 1. The van der Waals surface area contributed by atoms with Gasteiger partial charge in [0.15, 0.2) is 0 Å². The van der Waals surface area contributed by atoms with Crippen molar-refractivity contribution in [2.24, 2.45) is 0 Å². The minimum absolute atomic E-state index is 0.119. The van der Waals surface area contributed by atoms with Crippen molar-refractivity contribution >= 4 is 0 Å². The minimum atomic E-state index is 0.119. The maximum Gasteiger partial charge on any atom is 0.211 e. The van der Waals surface area contributed by atoms with Gasteiger partial charge in [-0.15, -0.1) is 0 Å². The van der Waals surface area contributed by atoms with Crippen LogP contribution in [0.3, 0.4) is 0 Å². The van der Waals surface area contributed by atoms with Crippen LogP contribution in [0.25, 0.3) is 0 Å². The lowest BCUT2D eigenvalue weighted by atomic mass is 10.2. The standard InChI is InChI=1S/C10H18N2O2/c1-7(6-13-4)12-9(3)10-11-5-8(2)14-10/h5,7,9,12H,6H2,1-4H3. The predicted octanol–water partition coefficient (Wildman–Crippen LogP) is 1.67. The van der Waals surface area contributed by atoms with Gasteiger partial charge in [0.2, 0.25) is 5.89 Å². The summed E-state index contributed by atoms with van der Waals surface area (Å²) in [5.74, 6) is 1.57. The molecule has 0 bridgehead atoms. The molecule has 0 aliphatic heterocycles. The van der Waals surface area contributed by atoms with Gasteiger partial charge in [0.1, 0.15) is 5.76 Å². The van der Waals surface area contributed by atoms with Crippen molar-refractivity contribution in [2.45, 2.75) is 32.9 Å². The Labute approximate surface area is 84.7 Å². The zero-order valence-corrected chi connectivity index (χ0v) is 9.20. The molecule has 14 heavy (non-hydrogen) atoms. The van der Waals surface area contributed by atoms with Crippen LogP contribution in [-0.2, 0) is 4.74 Å². The van der Waals surface area contributed by atoms with E-state index in [-0.39, 0.29) is 6.04 Å². The van der Waals surface area contributed by atoms with Crippen LogP contribution in [0.5, 0.6) is 0 Å². The summed E-state index contributed by atoms with van der Waals surface area (Å²) in [5.41, 5.74) is 0. The number of rotatable bonds is 5. The van der Waals surface area contributed by atoms with Crippen LogP contribution in [0.15, 0.2) is 10.6 Å². The first kappa shape index (κ1) is 11.2. The monoisotopic (exact) mass is 198 g/mol. The molecule has 4 heteroatoms. The average molecular weight is 198 g/mol. The normalized spacial score (nSPS) is 15.4. The molecule has 0 spiro atoms. The quantitative estimate of drug-likeness (QED) is 0.781. The third kappa shape index (κ3) is 3.12. The predicted molar refractivity (Wildman–Crippen MR) is 54.1 cm³/mol. The second kappa shape index (κ2) is 5.12. The number of oxazole rings is 1. The van der Waals surface area contributed by atoms with Crippen LogP contribution >= 0.6 is 0 Å². The summed E-state index contributed by atoms with van der Waals surface area (Å²) >= 11 is 0. The van der Waals surface area contributed by atoms with Gasteiger partial charge >= 0.3 is 0 Å². The molecule has 1 rings (SSSR count). The Morgan fingerprint density at radius 3 is 2.79 bits per heavy atom. The van der Waals surface area contributed by atoms with Crippen molar-refractivity contribution in [1.82, 2.24) is 10.3 Å². The molecule has 1 heterocycles. The fraction of sp³-hybridized carbons (Fsp3) is 0.700. The molecule has 0 fully saturated rings. The molecule has 0 radical (unpaired) electrons. The van der Waals surface area contributed by atoms with Gasteiger partial charge in [0, 0.05) is 13.2 Å². The average Bonchev–Trinajstić information content (AvgIpc) is 2.52. The van der Waals surface area contributed by atoms with Crippen LogP contribution in [0.2, 0.25) is 0 Å². The highest BCUT2D eigenvalue weighted by molar-refractivity contribution is 4.95. The molecule has 1 aromatic rings. The van der Waals surface area contributed by atoms with Gasteiger partial charge in [-0.3, -0.25) is 0 Å². The van der Waals surface area contributed by atoms with Gasteiger partial charge < -0.3 is 14.5 Å². The van der Waals surface area contributed by atoms with Crippen molar-refractivity contribution < 1.29 is 9.15 Å². The molecule has 0 aromatic carbocycles. The molecule has 0 aliphatic carbocycles. The van der Waals surface area contributed by atoms with E-state index in [4.69, 9.17) is 9.15 Å². The topological polar surface area (TPSA) is 47.3 Å². The highest BCUT2D eigenvalue weighted by Gasteiger charge is 2.13. The summed E-state index contributed by atoms with van der Waals surface area (Å²) in [6, 6.07) is 0.413. The zero-order valence-electron chi connectivity index (χ0n) is 9.20. The second-order valence-electron chi connectivity index (χ2n) is 3.55. The van der Waals surface area contributed by atoms with Gasteiger partial charge in [-0.2, -0.15) is 0 Å². The Morgan fingerprint density at radius 2 is 2.29 bits per heavy atom. The first-order valence-corrected chi connectivity index (χ1v) is 4.80. The molecule has 1 N–H and O–H groups in total. The third-order valence-corrected chi connectivity index (χ3v) is 1.96. The SMILES string of the molecule is COCC(C)NC(C)c1ncc(C)o1. The van der Waals surface area contributed by atoms with Gasteiger partial charge in [-0.1, -0.05) is 0 Å². The van der Waals surface area contributed by atoms with E-state index < -0.39 is 0 Å². The summed E-state index contributed by atoms with van der Waals surface area (Å²) in [7, 11) is 1.69. The van der Waals surface area contributed by atoms with Crippen LogP contribution in [0.4, 0.5) is 0 Å². The fourth-order valence-electron chi connectivity index (χ4n) is 1.37. The highest BCUT2D eigenvalue weighted by Crippen LogP contribution is 2.12. The Kier molecular flexibility index (Phi) is 4.10. The summed E-state index contributed by atoms with van der Waals surface area (Å²) in [6.45, 7) is 6.67. The molecule has 0 saturated carbocycles. The van der Waals surface area contributed by atoms with Gasteiger partial charge in [0.25, 0.3) is 0 Å². The number of nitrogens with one attached hydrogen (secondary N) is 1. The first-order chi connectivity index (χ1) is 6.63. The summed E-state index contributed by atoms with van der Waals surface area (Å²) in [5, 5.41) is 3.33. The zero-order chi connectivity index (χ0) is 10.6. The van der Waals surface area contributed by atoms with Crippen LogP contribution in [0.1, 0.15) is 31.5 Å². The van der Waals surface area contributed by atoms with Crippen LogP contribution < -0.4 is 5.32 Å². The Hall–Kier alpha value is -0.870. The molecule has 0 saturated heterocycles. The maximum atomic E-state index is 5.41. The smallest absolute Gasteiger partial charge is 0.211 e. The summed E-state index contributed by atoms with van der Waals surface area (Å²) < 4.78 is 10.4. The van der Waals surface area contributed by atoms with Crippen molar-refractivity contribution in [2.75, 3.05) is 13.7 Å². The Bertz CT molecular complexity index is 273. The van der Waals surface area contributed by atoms with Crippen molar-refractivity contribution in [3.8, 4) is 0 Å². The molecular weight excluding hydrogens is 180 g/mol. The van der Waals surface area contributed by atoms with Crippen molar-refractivity contribution in [3.05, 3.63) is 17.8 Å². The maximum absolute atomic E-state index is 5.41. The Morgan fingerprint density at radius 1 is 1.57 bits per heavy atom. The first-order valence-electron chi connectivity index (χ1n) is 4.80. The molecule has 1 aromatic heterocycles. The molecule has 2 unspecified atom stereocenters. The number of nitrogens with zero attached hydrogens (tertiary/aromatic N) is 1. The van der Waals surface area contributed by atoms with E-state index >= 15 is 0 Å². The molecule has 0 amide bonds. The van der Waals surface area contributed by atoms with Crippen molar-refractivity contribution in [1.29, 1.82) is 0 Å². The van der Waals surface area contributed by atoms with Crippen molar-refractivity contribution in [3.63, 3.8) is 0 Å². The Balaban J connectivity index is 2.45. The minimum Gasteiger partial charge on any atom is -0.444 e. The van der Waals surface area contributed by atoms with E-state index in [1.54, 1.807) is 13.3 Å². The van der Waals surface area contributed by atoms with E-state index in [1.165, 1.54) is 0 Å².